The molecule has 0 bridgehead atoms. The van der Waals surface area contributed by atoms with Crippen LogP contribution in [0.5, 0.6) is 0 Å². The number of hydrogen-bond acceptors (Lipinski definition) is 4. The van der Waals surface area contributed by atoms with Crippen LogP contribution in [0.3, 0.4) is 0 Å². The SMILES string of the molecule is CCCN(C(=O)c1cccc([N+](=O)[O-])c1)C1CNC1. The molecule has 1 aliphatic rings. The summed E-state index contributed by atoms with van der Waals surface area (Å²) in [5.74, 6) is -0.128. The maximum atomic E-state index is 12.4. The van der Waals surface area contributed by atoms with Crippen LogP contribution in [0.1, 0.15) is 23.7 Å². The summed E-state index contributed by atoms with van der Waals surface area (Å²) >= 11 is 0. The van der Waals surface area contributed by atoms with E-state index in [1.165, 1.54) is 12.1 Å². The van der Waals surface area contributed by atoms with Crippen molar-refractivity contribution in [3.8, 4) is 0 Å². The third-order valence-electron chi connectivity index (χ3n) is 3.23. The van der Waals surface area contributed by atoms with Crippen LogP contribution in [0.25, 0.3) is 0 Å². The average Bonchev–Trinajstić information content (AvgIpc) is 2.35. The van der Waals surface area contributed by atoms with Gasteiger partial charge >= 0.3 is 0 Å². The molecule has 0 spiro atoms. The highest BCUT2D eigenvalue weighted by Gasteiger charge is 2.29. The van der Waals surface area contributed by atoms with Gasteiger partial charge in [0.1, 0.15) is 0 Å². The minimum Gasteiger partial charge on any atom is -0.333 e. The second-order valence-corrected chi connectivity index (χ2v) is 4.62. The fraction of sp³-hybridized carbons (Fsp3) is 0.462. The molecule has 0 aliphatic carbocycles. The van der Waals surface area contributed by atoms with Crippen molar-refractivity contribution in [2.45, 2.75) is 19.4 Å². The molecular formula is C13H17N3O3. The van der Waals surface area contributed by atoms with Crippen molar-refractivity contribution in [3.05, 3.63) is 39.9 Å². The van der Waals surface area contributed by atoms with Crippen molar-refractivity contribution in [1.29, 1.82) is 0 Å². The Morgan fingerprint density at radius 3 is 2.79 bits per heavy atom. The Bertz CT molecular complexity index is 486. The van der Waals surface area contributed by atoms with Crippen molar-refractivity contribution in [2.24, 2.45) is 0 Å². The highest BCUT2D eigenvalue weighted by Crippen LogP contribution is 2.17. The van der Waals surface area contributed by atoms with E-state index < -0.39 is 4.92 Å². The van der Waals surface area contributed by atoms with Gasteiger partial charge in [0.25, 0.3) is 11.6 Å². The van der Waals surface area contributed by atoms with Gasteiger partial charge in [-0.1, -0.05) is 13.0 Å². The largest absolute Gasteiger partial charge is 0.333 e. The van der Waals surface area contributed by atoms with Gasteiger partial charge < -0.3 is 10.2 Å². The number of non-ortho nitro benzene ring substituents is 1. The van der Waals surface area contributed by atoms with E-state index in [0.29, 0.717) is 12.1 Å². The topological polar surface area (TPSA) is 75.5 Å². The molecule has 1 amide bonds. The van der Waals surface area contributed by atoms with Gasteiger partial charge in [0, 0.05) is 37.3 Å². The number of nitro groups is 1. The molecule has 2 rings (SSSR count). The van der Waals surface area contributed by atoms with E-state index >= 15 is 0 Å². The maximum absolute atomic E-state index is 12.4. The standard InChI is InChI=1S/C13H17N3O3/c1-2-6-15(12-8-14-9-12)13(17)10-4-3-5-11(7-10)16(18)19/h3-5,7,12,14H,2,6,8-9H2,1H3. The van der Waals surface area contributed by atoms with E-state index in [0.717, 1.165) is 19.5 Å². The summed E-state index contributed by atoms with van der Waals surface area (Å²) in [6.45, 7) is 4.27. The highest BCUT2D eigenvalue weighted by atomic mass is 16.6. The predicted molar refractivity (Wildman–Crippen MR) is 71.1 cm³/mol. The van der Waals surface area contributed by atoms with Crippen molar-refractivity contribution < 1.29 is 9.72 Å². The molecule has 0 unspecified atom stereocenters. The average molecular weight is 263 g/mol. The van der Waals surface area contributed by atoms with Gasteiger partial charge in [0.05, 0.1) is 11.0 Å². The van der Waals surface area contributed by atoms with Crippen LogP contribution in [0.4, 0.5) is 5.69 Å². The predicted octanol–water partition coefficient (Wildman–Crippen LogP) is 1.42. The Labute approximate surface area is 111 Å². The lowest BCUT2D eigenvalue weighted by atomic mass is 10.1. The van der Waals surface area contributed by atoms with Crippen LogP contribution in [-0.4, -0.2) is 41.4 Å². The number of nitrogens with zero attached hydrogens (tertiary/aromatic N) is 2. The molecule has 19 heavy (non-hydrogen) atoms. The molecule has 0 saturated carbocycles. The van der Waals surface area contributed by atoms with Crippen molar-refractivity contribution in [3.63, 3.8) is 0 Å². The molecule has 1 saturated heterocycles. The van der Waals surface area contributed by atoms with E-state index in [9.17, 15) is 14.9 Å². The zero-order valence-electron chi connectivity index (χ0n) is 10.8. The number of rotatable bonds is 5. The van der Waals surface area contributed by atoms with Gasteiger partial charge in [-0.2, -0.15) is 0 Å². The number of hydrogen-bond donors (Lipinski definition) is 1. The number of benzene rings is 1. The van der Waals surface area contributed by atoms with Crippen LogP contribution >= 0.6 is 0 Å². The summed E-state index contributed by atoms with van der Waals surface area (Å²) in [4.78, 5) is 24.5. The minimum atomic E-state index is -0.480. The van der Waals surface area contributed by atoms with Gasteiger partial charge in [-0.3, -0.25) is 14.9 Å². The molecule has 1 heterocycles. The first-order chi connectivity index (χ1) is 9.13. The molecule has 0 aromatic heterocycles. The first-order valence-corrected chi connectivity index (χ1v) is 6.39. The Morgan fingerprint density at radius 1 is 1.53 bits per heavy atom. The van der Waals surface area contributed by atoms with Crippen LogP contribution in [0.2, 0.25) is 0 Å². The lowest BCUT2D eigenvalue weighted by Crippen LogP contribution is -2.59. The molecule has 0 radical (unpaired) electrons. The van der Waals surface area contributed by atoms with E-state index in [4.69, 9.17) is 0 Å². The third kappa shape index (κ3) is 2.90. The fourth-order valence-electron chi connectivity index (χ4n) is 2.10. The lowest BCUT2D eigenvalue weighted by Gasteiger charge is -2.38. The normalized spacial score (nSPS) is 14.8. The molecule has 6 nitrogen and oxygen atoms in total. The lowest BCUT2D eigenvalue weighted by molar-refractivity contribution is -0.384. The Kier molecular flexibility index (Phi) is 4.11. The van der Waals surface area contributed by atoms with Crippen LogP contribution in [0, 0.1) is 10.1 Å². The number of amides is 1. The second kappa shape index (κ2) is 5.79. The van der Waals surface area contributed by atoms with Gasteiger partial charge in [-0.05, 0) is 12.5 Å². The van der Waals surface area contributed by atoms with E-state index in [2.05, 4.69) is 5.32 Å². The molecule has 1 N–H and O–H groups in total. The molecular weight excluding hydrogens is 246 g/mol. The van der Waals surface area contributed by atoms with Gasteiger partial charge in [0.15, 0.2) is 0 Å². The van der Waals surface area contributed by atoms with E-state index in [1.807, 2.05) is 6.92 Å². The van der Waals surface area contributed by atoms with Crippen LogP contribution in [-0.2, 0) is 0 Å². The van der Waals surface area contributed by atoms with Crippen LogP contribution in [0.15, 0.2) is 24.3 Å². The number of nitro benzene ring substituents is 1. The second-order valence-electron chi connectivity index (χ2n) is 4.62. The summed E-state index contributed by atoms with van der Waals surface area (Å²) in [7, 11) is 0. The summed E-state index contributed by atoms with van der Waals surface area (Å²) in [6, 6.07) is 6.12. The molecule has 6 heteroatoms. The Hall–Kier alpha value is -1.95. The van der Waals surface area contributed by atoms with Crippen LogP contribution < -0.4 is 5.32 Å². The molecule has 1 aromatic rings. The first kappa shape index (κ1) is 13.5. The molecule has 0 atom stereocenters. The van der Waals surface area contributed by atoms with E-state index in [-0.39, 0.29) is 17.6 Å². The van der Waals surface area contributed by atoms with Crippen molar-refractivity contribution in [1.82, 2.24) is 10.2 Å². The molecule has 1 aromatic carbocycles. The summed E-state index contributed by atoms with van der Waals surface area (Å²) < 4.78 is 0. The zero-order valence-corrected chi connectivity index (χ0v) is 10.8. The Morgan fingerprint density at radius 2 is 2.26 bits per heavy atom. The highest BCUT2D eigenvalue weighted by molar-refractivity contribution is 5.95. The minimum absolute atomic E-state index is 0.0472. The summed E-state index contributed by atoms with van der Waals surface area (Å²) in [6.07, 6.45) is 0.872. The summed E-state index contributed by atoms with van der Waals surface area (Å²) in [5.41, 5.74) is 0.337. The van der Waals surface area contributed by atoms with Gasteiger partial charge in [-0.15, -0.1) is 0 Å². The third-order valence-corrected chi connectivity index (χ3v) is 3.23. The summed E-state index contributed by atoms with van der Waals surface area (Å²) in [5, 5.41) is 13.9. The molecule has 1 aliphatic heterocycles. The number of nitrogens with one attached hydrogen (secondary N) is 1. The van der Waals surface area contributed by atoms with E-state index in [1.54, 1.807) is 17.0 Å². The van der Waals surface area contributed by atoms with Gasteiger partial charge in [0.2, 0.25) is 0 Å². The Balaban J connectivity index is 2.20. The zero-order chi connectivity index (χ0) is 13.8. The maximum Gasteiger partial charge on any atom is 0.270 e. The quantitative estimate of drug-likeness (QED) is 0.644. The number of carbonyl (C=O) groups is 1. The van der Waals surface area contributed by atoms with Crippen molar-refractivity contribution in [2.75, 3.05) is 19.6 Å². The molecule has 1 fully saturated rings. The van der Waals surface area contributed by atoms with Gasteiger partial charge in [-0.25, -0.2) is 0 Å². The first-order valence-electron chi connectivity index (χ1n) is 6.39. The number of carbonyl (C=O) groups excluding carboxylic acids is 1. The fourth-order valence-corrected chi connectivity index (χ4v) is 2.10. The monoisotopic (exact) mass is 263 g/mol. The van der Waals surface area contributed by atoms with Crippen molar-refractivity contribution >= 4 is 11.6 Å². The smallest absolute Gasteiger partial charge is 0.270 e. The molecule has 102 valence electrons.